The molecule has 0 spiro atoms. The molecule has 5 rings (SSSR count). The van der Waals surface area contributed by atoms with Gasteiger partial charge < -0.3 is 19.6 Å². The van der Waals surface area contributed by atoms with Gasteiger partial charge in [-0.05, 0) is 79.9 Å². The molecule has 0 saturated heterocycles. The summed E-state index contributed by atoms with van der Waals surface area (Å²) in [5.41, 5.74) is 2.32. The van der Waals surface area contributed by atoms with Crippen molar-refractivity contribution < 1.29 is 22.7 Å². The fraction of sp³-hybridized carbons (Fsp3) is 0.182. The zero-order chi connectivity index (χ0) is 30.9. The number of rotatable bonds is 7. The standard InChI is InChI=1S/C33H27F3N4O3/c1-4-43-32(42)29-15-23-14-25(11-12-28(23)39-29)38-24-9-7-21(8-10-24)30-16-27(33(34,35)36)26(17-37)31(41)40(30)18-22-6-5-19(2)13-20(22)3/h5-16,38-39H,4,18H2,1-3H3. The Kier molecular flexibility index (Phi) is 7.83. The van der Waals surface area contributed by atoms with E-state index in [9.17, 15) is 28.0 Å². The van der Waals surface area contributed by atoms with E-state index in [1.54, 1.807) is 37.3 Å². The Morgan fingerprint density at radius 2 is 1.72 bits per heavy atom. The molecule has 0 aliphatic carbocycles. The molecule has 0 aliphatic heterocycles. The van der Waals surface area contributed by atoms with Gasteiger partial charge in [0.2, 0.25) is 0 Å². The molecule has 10 heteroatoms. The maximum absolute atomic E-state index is 13.9. The summed E-state index contributed by atoms with van der Waals surface area (Å²) in [7, 11) is 0. The number of fused-ring (bicyclic) bond motifs is 1. The number of nitrogens with zero attached hydrogens (tertiary/aromatic N) is 2. The number of pyridine rings is 1. The molecule has 0 saturated carbocycles. The third-order valence-corrected chi connectivity index (χ3v) is 7.13. The van der Waals surface area contributed by atoms with Crippen LogP contribution in [0, 0.1) is 25.2 Å². The monoisotopic (exact) mass is 584 g/mol. The highest BCUT2D eigenvalue weighted by molar-refractivity contribution is 5.96. The largest absolute Gasteiger partial charge is 0.461 e. The van der Waals surface area contributed by atoms with Gasteiger partial charge in [-0.25, -0.2) is 4.79 Å². The maximum Gasteiger partial charge on any atom is 0.417 e. The lowest BCUT2D eigenvalue weighted by atomic mass is 10.0. The van der Waals surface area contributed by atoms with E-state index in [4.69, 9.17) is 4.74 Å². The number of carbonyl (C=O) groups is 1. The molecule has 2 aromatic heterocycles. The average molecular weight is 585 g/mol. The van der Waals surface area contributed by atoms with Gasteiger partial charge >= 0.3 is 12.1 Å². The Morgan fingerprint density at radius 1 is 1.00 bits per heavy atom. The van der Waals surface area contributed by atoms with E-state index < -0.39 is 28.8 Å². The van der Waals surface area contributed by atoms with Crippen molar-refractivity contribution in [3.05, 3.63) is 117 Å². The van der Waals surface area contributed by atoms with Crippen LogP contribution in [0.4, 0.5) is 24.5 Å². The minimum absolute atomic E-state index is 0.00242. The van der Waals surface area contributed by atoms with E-state index in [0.29, 0.717) is 16.9 Å². The number of aromatic nitrogens is 2. The molecule has 0 atom stereocenters. The summed E-state index contributed by atoms with van der Waals surface area (Å²) in [5, 5.41) is 13.5. The predicted molar refractivity (Wildman–Crippen MR) is 158 cm³/mol. The molecule has 0 aliphatic rings. The van der Waals surface area contributed by atoms with E-state index in [2.05, 4.69) is 10.3 Å². The molecule has 0 radical (unpaired) electrons. The number of nitriles is 1. The van der Waals surface area contributed by atoms with Crippen LogP contribution < -0.4 is 10.9 Å². The van der Waals surface area contributed by atoms with Crippen LogP contribution in [0.2, 0.25) is 0 Å². The summed E-state index contributed by atoms with van der Waals surface area (Å²) in [5.74, 6) is -0.448. The summed E-state index contributed by atoms with van der Waals surface area (Å²) in [6.45, 7) is 5.78. The highest BCUT2D eigenvalue weighted by atomic mass is 19.4. The normalized spacial score (nSPS) is 11.4. The Hall–Kier alpha value is -5.30. The number of nitrogens with one attached hydrogen (secondary N) is 2. The van der Waals surface area contributed by atoms with Crippen molar-refractivity contribution in [1.82, 2.24) is 9.55 Å². The van der Waals surface area contributed by atoms with Gasteiger partial charge in [0.05, 0.1) is 24.4 Å². The van der Waals surface area contributed by atoms with Crippen LogP contribution in [-0.4, -0.2) is 22.1 Å². The number of alkyl halides is 3. The highest BCUT2D eigenvalue weighted by Gasteiger charge is 2.36. The van der Waals surface area contributed by atoms with E-state index in [1.807, 2.05) is 50.2 Å². The Balaban J connectivity index is 1.51. The van der Waals surface area contributed by atoms with E-state index in [1.165, 1.54) is 10.6 Å². The second-order valence-electron chi connectivity index (χ2n) is 10.2. The van der Waals surface area contributed by atoms with Crippen LogP contribution in [-0.2, 0) is 17.5 Å². The van der Waals surface area contributed by atoms with Gasteiger partial charge in [-0.3, -0.25) is 4.79 Å². The summed E-state index contributed by atoms with van der Waals surface area (Å²) >= 11 is 0. The van der Waals surface area contributed by atoms with Crippen molar-refractivity contribution in [3.8, 4) is 17.3 Å². The van der Waals surface area contributed by atoms with Gasteiger partial charge in [0, 0.05) is 22.3 Å². The molecule has 5 aromatic rings. The van der Waals surface area contributed by atoms with Gasteiger partial charge in [0.25, 0.3) is 5.56 Å². The quantitative estimate of drug-likeness (QED) is 0.193. The third kappa shape index (κ3) is 6.02. The lowest BCUT2D eigenvalue weighted by Gasteiger charge is -2.19. The number of ether oxygens (including phenoxy) is 1. The first-order chi connectivity index (χ1) is 20.5. The van der Waals surface area contributed by atoms with Crippen LogP contribution in [0.15, 0.2) is 77.6 Å². The molecule has 0 amide bonds. The predicted octanol–water partition coefficient (Wildman–Crippen LogP) is 7.47. The van der Waals surface area contributed by atoms with Crippen molar-refractivity contribution in [3.63, 3.8) is 0 Å². The second kappa shape index (κ2) is 11.5. The lowest BCUT2D eigenvalue weighted by Crippen LogP contribution is -2.29. The van der Waals surface area contributed by atoms with Gasteiger partial charge in [-0.15, -0.1) is 0 Å². The molecule has 0 unspecified atom stereocenters. The molecule has 2 N–H and O–H groups in total. The molecule has 3 aromatic carbocycles. The van der Waals surface area contributed by atoms with Crippen LogP contribution in [0.3, 0.4) is 0 Å². The first-order valence-corrected chi connectivity index (χ1v) is 13.5. The van der Waals surface area contributed by atoms with Crippen LogP contribution in [0.25, 0.3) is 22.2 Å². The molecule has 0 fully saturated rings. The molecule has 7 nitrogen and oxygen atoms in total. The number of aryl methyl sites for hydroxylation is 2. The van der Waals surface area contributed by atoms with Crippen molar-refractivity contribution in [2.24, 2.45) is 0 Å². The number of hydrogen-bond donors (Lipinski definition) is 2. The average Bonchev–Trinajstić information content (AvgIpc) is 3.39. The number of esters is 1. The van der Waals surface area contributed by atoms with Crippen molar-refractivity contribution in [2.75, 3.05) is 11.9 Å². The van der Waals surface area contributed by atoms with Crippen LogP contribution >= 0.6 is 0 Å². The smallest absolute Gasteiger partial charge is 0.417 e. The highest BCUT2D eigenvalue weighted by Crippen LogP contribution is 2.34. The summed E-state index contributed by atoms with van der Waals surface area (Å²) < 4.78 is 48.1. The van der Waals surface area contributed by atoms with Crippen molar-refractivity contribution in [2.45, 2.75) is 33.5 Å². The number of carbonyl (C=O) groups excluding carboxylic acids is 1. The number of aromatic amines is 1. The summed E-state index contributed by atoms with van der Waals surface area (Å²) in [4.78, 5) is 28.4. The Bertz CT molecular complexity index is 1950. The first-order valence-electron chi connectivity index (χ1n) is 13.5. The van der Waals surface area contributed by atoms with Gasteiger partial charge in [-0.2, -0.15) is 18.4 Å². The lowest BCUT2D eigenvalue weighted by molar-refractivity contribution is -0.137. The molecular weight excluding hydrogens is 557 g/mol. The minimum Gasteiger partial charge on any atom is -0.461 e. The number of anilines is 2. The fourth-order valence-electron chi connectivity index (χ4n) is 4.99. The maximum atomic E-state index is 13.9. The van der Waals surface area contributed by atoms with E-state index >= 15 is 0 Å². The number of hydrogen-bond acceptors (Lipinski definition) is 5. The zero-order valence-corrected chi connectivity index (χ0v) is 23.6. The van der Waals surface area contributed by atoms with Crippen LogP contribution in [0.1, 0.15) is 45.2 Å². The first kappa shape index (κ1) is 29.2. The molecule has 2 heterocycles. The Morgan fingerprint density at radius 3 is 2.37 bits per heavy atom. The summed E-state index contributed by atoms with van der Waals surface area (Å²) in [6, 6.07) is 21.8. The number of H-pyrrole nitrogens is 1. The van der Waals surface area contributed by atoms with Gasteiger partial charge in [0.1, 0.15) is 17.3 Å². The minimum atomic E-state index is -4.89. The molecule has 43 heavy (non-hydrogen) atoms. The molecule has 218 valence electrons. The summed E-state index contributed by atoms with van der Waals surface area (Å²) in [6.07, 6.45) is -4.89. The SMILES string of the molecule is CCOC(=O)c1cc2cc(Nc3ccc(-c4cc(C(F)(F)F)c(C#N)c(=O)n4Cc4ccc(C)cc4C)cc3)ccc2[nH]1. The van der Waals surface area contributed by atoms with Gasteiger partial charge in [-0.1, -0.05) is 35.9 Å². The van der Waals surface area contributed by atoms with Crippen molar-refractivity contribution in [1.29, 1.82) is 5.26 Å². The zero-order valence-electron chi connectivity index (χ0n) is 23.6. The van der Waals surface area contributed by atoms with Crippen molar-refractivity contribution >= 4 is 28.2 Å². The second-order valence-corrected chi connectivity index (χ2v) is 10.2. The molecular formula is C33H27F3N4O3. The number of halogens is 3. The van der Waals surface area contributed by atoms with E-state index in [0.717, 1.165) is 39.3 Å². The topological polar surface area (TPSA) is 99.9 Å². The third-order valence-electron chi connectivity index (χ3n) is 7.13. The van der Waals surface area contributed by atoms with Gasteiger partial charge in [0.15, 0.2) is 0 Å². The number of benzene rings is 3. The fourth-order valence-corrected chi connectivity index (χ4v) is 4.99. The molecule has 0 bridgehead atoms. The van der Waals surface area contributed by atoms with E-state index in [-0.39, 0.29) is 18.8 Å². The Labute approximate surface area is 245 Å². The van der Waals surface area contributed by atoms with Crippen LogP contribution in [0.5, 0.6) is 0 Å².